The maximum absolute atomic E-state index is 12.7. The molecule has 0 saturated carbocycles. The van der Waals surface area contributed by atoms with Crippen molar-refractivity contribution >= 4 is 29.3 Å². The maximum Gasteiger partial charge on any atom is 0.241 e. The third-order valence-corrected chi connectivity index (χ3v) is 5.62. The first-order valence-corrected chi connectivity index (χ1v) is 9.01. The Labute approximate surface area is 154 Å². The molecule has 1 aromatic rings. The van der Waals surface area contributed by atoms with Crippen molar-refractivity contribution in [1.82, 2.24) is 9.74 Å². The summed E-state index contributed by atoms with van der Waals surface area (Å²) in [5, 5.41) is 12.0. The molecule has 2 atom stereocenters. The highest BCUT2D eigenvalue weighted by atomic mass is 35.5. The van der Waals surface area contributed by atoms with Crippen LogP contribution in [0, 0.1) is 11.3 Å². The van der Waals surface area contributed by atoms with Gasteiger partial charge in [-0.05, 0) is 41.8 Å². The third kappa shape index (κ3) is 3.57. The summed E-state index contributed by atoms with van der Waals surface area (Å²) in [5.41, 5.74) is -0.668. The fourth-order valence-corrected chi connectivity index (χ4v) is 3.90. The summed E-state index contributed by atoms with van der Waals surface area (Å²) in [6, 6.07) is 6.87. The van der Waals surface area contributed by atoms with Gasteiger partial charge in [0.15, 0.2) is 0 Å². The van der Waals surface area contributed by atoms with Gasteiger partial charge in [0.05, 0.1) is 5.60 Å². The second-order valence-electron chi connectivity index (χ2n) is 7.59. The van der Waals surface area contributed by atoms with Crippen LogP contribution in [0.15, 0.2) is 24.3 Å². The molecule has 1 fully saturated rings. The van der Waals surface area contributed by atoms with Crippen molar-refractivity contribution in [2.45, 2.75) is 45.8 Å². The van der Waals surface area contributed by atoms with Gasteiger partial charge in [0.25, 0.3) is 0 Å². The summed E-state index contributed by atoms with van der Waals surface area (Å²) in [6.45, 7) is 8.84. The van der Waals surface area contributed by atoms with Crippen molar-refractivity contribution in [1.29, 1.82) is 0 Å². The minimum absolute atomic E-state index is 0.0220. The van der Waals surface area contributed by atoms with Crippen LogP contribution in [0.3, 0.4) is 0 Å². The van der Waals surface area contributed by atoms with E-state index in [4.69, 9.17) is 23.4 Å². The lowest BCUT2D eigenvalue weighted by atomic mass is 9.66. The Morgan fingerprint density at radius 2 is 1.88 bits per heavy atom. The molecule has 1 saturated heterocycles. The number of hydrogen-bond acceptors (Lipinski definition) is 3. The third-order valence-electron chi connectivity index (χ3n) is 5.13. The van der Waals surface area contributed by atoms with Crippen LogP contribution < -0.4 is 4.84 Å². The number of halogens is 2. The molecule has 2 rings (SSSR count). The maximum atomic E-state index is 12.7. The largest absolute Gasteiger partial charge is 0.384 e. The molecule has 1 unspecified atom stereocenters. The molecular formula is C18H26Cl2N2O2. The number of rotatable bonds is 4. The Kier molecular flexibility index (Phi) is 5.86. The minimum atomic E-state index is -1.00. The quantitative estimate of drug-likeness (QED) is 0.794. The molecule has 1 aliphatic heterocycles. The highest BCUT2D eigenvalue weighted by molar-refractivity contribution is 6.30. The Balaban J connectivity index is 2.23. The number of nitrogens with zero attached hydrogens (tertiary/aromatic N) is 1. The fraction of sp³-hybridized carbons (Fsp3) is 0.611. The molecule has 24 heavy (non-hydrogen) atoms. The zero-order valence-corrected chi connectivity index (χ0v) is 16.2. The van der Waals surface area contributed by atoms with E-state index >= 15 is 0 Å². The lowest BCUT2D eigenvalue weighted by molar-refractivity contribution is -0.155. The fourth-order valence-electron chi connectivity index (χ4n) is 3.43. The minimum Gasteiger partial charge on any atom is -0.384 e. The van der Waals surface area contributed by atoms with Crippen molar-refractivity contribution in [2.24, 2.45) is 11.3 Å². The topological polar surface area (TPSA) is 52.6 Å². The van der Waals surface area contributed by atoms with Crippen LogP contribution >= 0.6 is 23.4 Å². The molecule has 1 amide bonds. The number of piperidine rings is 1. The molecule has 0 aliphatic carbocycles. The molecule has 1 heterocycles. The van der Waals surface area contributed by atoms with E-state index in [1.54, 1.807) is 17.0 Å². The molecule has 0 radical (unpaired) electrons. The summed E-state index contributed by atoms with van der Waals surface area (Å²) in [7, 11) is 0. The molecule has 0 aromatic heterocycles. The van der Waals surface area contributed by atoms with Gasteiger partial charge >= 0.3 is 0 Å². The van der Waals surface area contributed by atoms with E-state index in [1.807, 2.05) is 39.8 Å². The second-order valence-corrected chi connectivity index (χ2v) is 8.25. The number of carbonyl (C=O) groups is 1. The molecule has 6 heteroatoms. The van der Waals surface area contributed by atoms with Gasteiger partial charge in [-0.25, -0.2) is 4.84 Å². The van der Waals surface area contributed by atoms with E-state index in [0.717, 1.165) is 5.56 Å². The molecule has 1 aliphatic rings. The number of amides is 1. The van der Waals surface area contributed by atoms with Crippen LogP contribution in [0.1, 0.15) is 39.7 Å². The Hall–Kier alpha value is -0.810. The number of benzene rings is 1. The predicted molar refractivity (Wildman–Crippen MR) is 97.9 cm³/mol. The first-order chi connectivity index (χ1) is 11.1. The van der Waals surface area contributed by atoms with Crippen LogP contribution in [-0.4, -0.2) is 35.0 Å². The lowest BCUT2D eigenvalue weighted by Gasteiger charge is -2.51. The van der Waals surface area contributed by atoms with Gasteiger partial charge in [-0.1, -0.05) is 51.4 Å². The summed E-state index contributed by atoms with van der Waals surface area (Å²) in [5.74, 6) is 0.0708. The number of hydrogen-bond donors (Lipinski definition) is 2. The molecule has 0 spiro atoms. The predicted octanol–water partition coefficient (Wildman–Crippen LogP) is 3.55. The van der Waals surface area contributed by atoms with Gasteiger partial charge < -0.3 is 10.0 Å². The Morgan fingerprint density at radius 3 is 2.33 bits per heavy atom. The first kappa shape index (κ1) is 19.5. The van der Waals surface area contributed by atoms with Gasteiger partial charge in [0, 0.05) is 23.5 Å². The van der Waals surface area contributed by atoms with E-state index in [1.165, 1.54) is 0 Å². The standard InChI is InChI=1S/C18H26Cl2N2O2/c1-12(2)15(21-20)16(23)22-10-9-18(24,17(3,4)11-22)13-5-7-14(19)8-6-13/h5-8,12,15,21,24H,9-11H2,1-4H3/t15?,18-/m0/s1. The monoisotopic (exact) mass is 372 g/mol. The smallest absolute Gasteiger partial charge is 0.241 e. The lowest BCUT2D eigenvalue weighted by Crippen LogP contribution is -2.59. The van der Waals surface area contributed by atoms with E-state index in [9.17, 15) is 9.90 Å². The summed E-state index contributed by atoms with van der Waals surface area (Å²) in [6.07, 6.45) is 0.473. The van der Waals surface area contributed by atoms with Crippen molar-refractivity contribution in [2.75, 3.05) is 13.1 Å². The summed E-state index contributed by atoms with van der Waals surface area (Å²) < 4.78 is 0. The van der Waals surface area contributed by atoms with Crippen molar-refractivity contribution in [3.63, 3.8) is 0 Å². The van der Waals surface area contributed by atoms with Crippen molar-refractivity contribution < 1.29 is 9.90 Å². The number of nitrogens with one attached hydrogen (secondary N) is 1. The SMILES string of the molecule is CC(C)C(NCl)C(=O)N1CC[C@](O)(c2ccc(Cl)cc2)C(C)(C)C1. The van der Waals surface area contributed by atoms with E-state index < -0.39 is 17.1 Å². The Bertz CT molecular complexity index is 589. The van der Waals surface area contributed by atoms with E-state index in [0.29, 0.717) is 24.5 Å². The van der Waals surface area contributed by atoms with Gasteiger partial charge in [-0.3, -0.25) is 4.79 Å². The van der Waals surface area contributed by atoms with E-state index in [-0.39, 0.29) is 11.8 Å². The first-order valence-electron chi connectivity index (χ1n) is 8.26. The van der Waals surface area contributed by atoms with Crippen LogP contribution in [-0.2, 0) is 10.4 Å². The Morgan fingerprint density at radius 1 is 1.29 bits per heavy atom. The highest BCUT2D eigenvalue weighted by Crippen LogP contribution is 2.46. The van der Waals surface area contributed by atoms with Gasteiger partial charge in [0.1, 0.15) is 6.04 Å². The van der Waals surface area contributed by atoms with Crippen LogP contribution in [0.4, 0.5) is 0 Å². The zero-order chi connectivity index (χ0) is 18.1. The average Bonchev–Trinajstić information content (AvgIpc) is 2.50. The number of likely N-dealkylation sites (tertiary alicyclic amines) is 1. The molecule has 134 valence electrons. The molecule has 2 N–H and O–H groups in total. The van der Waals surface area contributed by atoms with Crippen molar-refractivity contribution in [3.8, 4) is 0 Å². The van der Waals surface area contributed by atoms with Crippen LogP contribution in [0.25, 0.3) is 0 Å². The number of aliphatic hydroxyl groups is 1. The van der Waals surface area contributed by atoms with Crippen molar-refractivity contribution in [3.05, 3.63) is 34.9 Å². The van der Waals surface area contributed by atoms with Gasteiger partial charge in [0.2, 0.25) is 5.91 Å². The molecule has 4 nitrogen and oxygen atoms in total. The molecule has 1 aromatic carbocycles. The molecule has 0 bridgehead atoms. The van der Waals surface area contributed by atoms with Gasteiger partial charge in [-0.15, -0.1) is 0 Å². The summed E-state index contributed by atoms with van der Waals surface area (Å²) in [4.78, 5) is 17.1. The second kappa shape index (κ2) is 7.20. The van der Waals surface area contributed by atoms with Gasteiger partial charge in [-0.2, -0.15) is 0 Å². The van der Waals surface area contributed by atoms with Crippen LogP contribution in [0.5, 0.6) is 0 Å². The normalized spacial score (nSPS) is 24.9. The van der Waals surface area contributed by atoms with E-state index in [2.05, 4.69) is 4.84 Å². The zero-order valence-electron chi connectivity index (χ0n) is 14.6. The van der Waals surface area contributed by atoms with Crippen LogP contribution in [0.2, 0.25) is 5.02 Å². The highest BCUT2D eigenvalue weighted by Gasteiger charge is 2.50. The molecular weight excluding hydrogens is 347 g/mol. The average molecular weight is 373 g/mol. The number of carbonyl (C=O) groups excluding carboxylic acids is 1. The summed E-state index contributed by atoms with van der Waals surface area (Å²) >= 11 is 11.7.